The van der Waals surface area contributed by atoms with E-state index in [0.29, 0.717) is 22.6 Å². The Kier molecular flexibility index (Phi) is 4.90. The Labute approximate surface area is 149 Å². The van der Waals surface area contributed by atoms with Crippen molar-refractivity contribution >= 4 is 26.3 Å². The number of hydrogen-bond acceptors (Lipinski definition) is 5. The zero-order valence-electron chi connectivity index (χ0n) is 14.2. The number of aryl methyl sites for hydroxylation is 1. The third-order valence-corrected chi connectivity index (χ3v) is 6.34. The van der Waals surface area contributed by atoms with Gasteiger partial charge < -0.3 is 0 Å². The summed E-state index contributed by atoms with van der Waals surface area (Å²) in [6.07, 6.45) is 0.475. The topological polar surface area (TPSA) is 76.4 Å². The average molecular weight is 382 g/mol. The van der Waals surface area contributed by atoms with Gasteiger partial charge in [0, 0.05) is 12.5 Å². The molecule has 0 atom stereocenters. The van der Waals surface area contributed by atoms with Crippen LogP contribution in [0.5, 0.6) is 0 Å². The van der Waals surface area contributed by atoms with Crippen molar-refractivity contribution in [3.8, 4) is 0 Å². The molecule has 0 amide bonds. The highest BCUT2D eigenvalue weighted by Crippen LogP contribution is 2.26. The predicted octanol–water partition coefficient (Wildman–Crippen LogP) is 3.09. The standard InChI is InChI=1S/C16H19FN4O2S2/c1-4-13-15(21-16(19-13)24-14(20-21)10(2)3)25(22,23)18-9-11-6-5-7-12(17)8-11/h5-8,10,18H,4,9H2,1-3H3. The second-order valence-electron chi connectivity index (χ2n) is 5.96. The minimum absolute atomic E-state index is 0.00233. The number of benzene rings is 1. The maximum absolute atomic E-state index is 13.3. The molecule has 0 unspecified atom stereocenters. The number of imidazole rings is 1. The highest BCUT2D eigenvalue weighted by Gasteiger charge is 2.27. The van der Waals surface area contributed by atoms with E-state index in [1.807, 2.05) is 20.8 Å². The Morgan fingerprint density at radius 2 is 2.12 bits per heavy atom. The molecule has 0 aliphatic heterocycles. The summed E-state index contributed by atoms with van der Waals surface area (Å²) in [6.45, 7) is 5.84. The molecular formula is C16H19FN4O2S2. The molecule has 9 heteroatoms. The first-order valence-electron chi connectivity index (χ1n) is 7.94. The van der Waals surface area contributed by atoms with Crippen LogP contribution in [0, 0.1) is 5.82 Å². The summed E-state index contributed by atoms with van der Waals surface area (Å²) < 4.78 is 42.8. The molecule has 1 aromatic carbocycles. The van der Waals surface area contributed by atoms with Gasteiger partial charge in [0.25, 0.3) is 10.0 Å². The van der Waals surface area contributed by atoms with Crippen molar-refractivity contribution < 1.29 is 12.8 Å². The van der Waals surface area contributed by atoms with Gasteiger partial charge in [-0.25, -0.2) is 22.5 Å². The summed E-state index contributed by atoms with van der Waals surface area (Å²) in [6, 6.07) is 5.83. The van der Waals surface area contributed by atoms with Gasteiger partial charge in [0.05, 0.1) is 5.69 Å². The quantitative estimate of drug-likeness (QED) is 0.711. The van der Waals surface area contributed by atoms with Crippen LogP contribution >= 0.6 is 11.3 Å². The van der Waals surface area contributed by atoms with Gasteiger partial charge in [-0.3, -0.25) is 0 Å². The lowest BCUT2D eigenvalue weighted by Crippen LogP contribution is -2.26. The largest absolute Gasteiger partial charge is 0.260 e. The van der Waals surface area contributed by atoms with E-state index in [0.717, 1.165) is 5.01 Å². The van der Waals surface area contributed by atoms with Crippen molar-refractivity contribution in [3.05, 3.63) is 46.3 Å². The maximum atomic E-state index is 13.3. The van der Waals surface area contributed by atoms with Crippen molar-refractivity contribution in [1.29, 1.82) is 0 Å². The Morgan fingerprint density at radius 1 is 1.36 bits per heavy atom. The molecule has 0 aliphatic carbocycles. The molecule has 0 saturated heterocycles. The van der Waals surface area contributed by atoms with Crippen LogP contribution in [0.15, 0.2) is 29.3 Å². The van der Waals surface area contributed by atoms with Crippen LogP contribution in [0.2, 0.25) is 0 Å². The smallest absolute Gasteiger partial charge is 0.221 e. The number of fused-ring (bicyclic) bond motifs is 1. The normalized spacial score (nSPS) is 12.4. The predicted molar refractivity (Wildman–Crippen MR) is 94.8 cm³/mol. The summed E-state index contributed by atoms with van der Waals surface area (Å²) in [5, 5.41) is 5.30. The van der Waals surface area contributed by atoms with Crippen LogP contribution in [-0.4, -0.2) is 23.0 Å². The Morgan fingerprint density at radius 3 is 2.76 bits per heavy atom. The van der Waals surface area contributed by atoms with Gasteiger partial charge in [0.2, 0.25) is 4.96 Å². The highest BCUT2D eigenvalue weighted by molar-refractivity contribution is 7.89. The van der Waals surface area contributed by atoms with Gasteiger partial charge in [-0.05, 0) is 24.1 Å². The number of nitrogens with zero attached hydrogens (tertiary/aromatic N) is 3. The Bertz CT molecular complexity index is 1010. The molecule has 0 bridgehead atoms. The number of rotatable bonds is 6. The Hall–Kier alpha value is -1.84. The maximum Gasteiger partial charge on any atom is 0.260 e. The first-order chi connectivity index (χ1) is 11.8. The van der Waals surface area contributed by atoms with E-state index in [1.54, 1.807) is 12.1 Å². The van der Waals surface area contributed by atoms with Crippen LogP contribution in [-0.2, 0) is 23.0 Å². The van der Waals surface area contributed by atoms with E-state index < -0.39 is 15.8 Å². The summed E-state index contributed by atoms with van der Waals surface area (Å²) in [4.78, 5) is 4.97. The van der Waals surface area contributed by atoms with Crippen molar-refractivity contribution in [3.63, 3.8) is 0 Å². The van der Waals surface area contributed by atoms with Gasteiger partial charge in [-0.15, -0.1) is 0 Å². The van der Waals surface area contributed by atoms with Crippen LogP contribution in [0.4, 0.5) is 4.39 Å². The lowest BCUT2D eigenvalue weighted by atomic mass is 10.2. The lowest BCUT2D eigenvalue weighted by Gasteiger charge is -2.07. The second-order valence-corrected chi connectivity index (χ2v) is 8.63. The van der Waals surface area contributed by atoms with E-state index in [9.17, 15) is 12.8 Å². The molecule has 0 fully saturated rings. The summed E-state index contributed by atoms with van der Waals surface area (Å²) in [5.41, 5.74) is 1.02. The van der Waals surface area contributed by atoms with E-state index >= 15 is 0 Å². The summed E-state index contributed by atoms with van der Waals surface area (Å²) in [7, 11) is -3.84. The van der Waals surface area contributed by atoms with Crippen molar-refractivity contribution in [2.75, 3.05) is 0 Å². The van der Waals surface area contributed by atoms with Crippen LogP contribution in [0.3, 0.4) is 0 Å². The molecule has 2 heterocycles. The van der Waals surface area contributed by atoms with Crippen molar-refractivity contribution in [2.45, 2.75) is 44.7 Å². The first kappa shape index (κ1) is 18.0. The third kappa shape index (κ3) is 3.58. The molecule has 2 aromatic heterocycles. The van der Waals surface area contributed by atoms with Crippen molar-refractivity contribution in [2.24, 2.45) is 0 Å². The molecule has 25 heavy (non-hydrogen) atoms. The number of aromatic nitrogens is 3. The molecule has 0 saturated carbocycles. The van der Waals surface area contributed by atoms with Crippen LogP contribution < -0.4 is 4.72 Å². The van der Waals surface area contributed by atoms with Crippen molar-refractivity contribution in [1.82, 2.24) is 19.3 Å². The SMILES string of the molecule is CCc1nc2sc(C(C)C)nn2c1S(=O)(=O)NCc1cccc(F)c1. The minimum Gasteiger partial charge on any atom is -0.221 e. The zero-order chi connectivity index (χ0) is 18.2. The summed E-state index contributed by atoms with van der Waals surface area (Å²) >= 11 is 1.39. The van der Waals surface area contributed by atoms with Gasteiger partial charge in [-0.1, -0.05) is 44.2 Å². The molecule has 0 aliphatic rings. The van der Waals surface area contributed by atoms with Crippen LogP contribution in [0.1, 0.15) is 43.0 Å². The van der Waals surface area contributed by atoms with E-state index in [2.05, 4.69) is 14.8 Å². The van der Waals surface area contributed by atoms with Gasteiger partial charge in [0.15, 0.2) is 5.03 Å². The molecule has 3 aromatic rings. The molecule has 3 rings (SSSR count). The lowest BCUT2D eigenvalue weighted by molar-refractivity contribution is 0.570. The van der Waals surface area contributed by atoms with E-state index in [4.69, 9.17) is 0 Å². The minimum atomic E-state index is -3.84. The van der Waals surface area contributed by atoms with E-state index in [1.165, 1.54) is 28.0 Å². The second kappa shape index (κ2) is 6.81. The average Bonchev–Trinajstić information content (AvgIpc) is 3.10. The van der Waals surface area contributed by atoms with Crippen LogP contribution in [0.25, 0.3) is 4.96 Å². The monoisotopic (exact) mass is 382 g/mol. The molecule has 0 spiro atoms. The fourth-order valence-electron chi connectivity index (χ4n) is 2.41. The zero-order valence-corrected chi connectivity index (χ0v) is 15.8. The number of sulfonamides is 1. The third-order valence-electron chi connectivity index (χ3n) is 3.68. The van der Waals surface area contributed by atoms with E-state index in [-0.39, 0.29) is 17.5 Å². The number of nitrogens with one attached hydrogen (secondary N) is 1. The molecular weight excluding hydrogens is 363 g/mol. The molecule has 6 nitrogen and oxygen atoms in total. The van der Waals surface area contributed by atoms with Gasteiger partial charge in [-0.2, -0.15) is 9.61 Å². The molecule has 134 valence electrons. The highest BCUT2D eigenvalue weighted by atomic mass is 32.2. The number of hydrogen-bond donors (Lipinski definition) is 1. The molecule has 0 radical (unpaired) electrons. The van der Waals surface area contributed by atoms with Gasteiger partial charge in [0.1, 0.15) is 10.8 Å². The molecule has 1 N–H and O–H groups in total. The Balaban J connectivity index is 1.97. The van der Waals surface area contributed by atoms with Gasteiger partial charge >= 0.3 is 0 Å². The fourth-order valence-corrected chi connectivity index (χ4v) is 4.74. The number of halogens is 1. The fraction of sp³-hybridized carbons (Fsp3) is 0.375. The first-order valence-corrected chi connectivity index (χ1v) is 10.2. The summed E-state index contributed by atoms with van der Waals surface area (Å²) in [5.74, 6) is -0.216.